The predicted molar refractivity (Wildman–Crippen MR) is 60.8 cm³/mol. The maximum atomic E-state index is 11.3. The van der Waals surface area contributed by atoms with Gasteiger partial charge in [-0.2, -0.15) is 5.01 Å². The van der Waals surface area contributed by atoms with Gasteiger partial charge in [0.2, 0.25) is 0 Å². The molecule has 2 aromatic carbocycles. The normalized spacial score (nSPS) is 18.9. The summed E-state index contributed by atoms with van der Waals surface area (Å²) in [6.45, 7) is 0. The van der Waals surface area contributed by atoms with Gasteiger partial charge in [-0.25, -0.2) is 0 Å². The van der Waals surface area contributed by atoms with E-state index in [1.165, 1.54) is 0 Å². The van der Waals surface area contributed by atoms with E-state index in [1.807, 2.05) is 0 Å². The molecule has 0 radical (unpaired) electrons. The molecule has 74 valence electrons. The highest BCUT2D eigenvalue weighted by Gasteiger charge is 2.07. The summed E-state index contributed by atoms with van der Waals surface area (Å²) in [5.41, 5.74) is -1.42. The highest BCUT2D eigenvalue weighted by atomic mass is 16.3. The van der Waals surface area contributed by atoms with Crippen LogP contribution in [0.4, 0.5) is 11.4 Å². The van der Waals surface area contributed by atoms with Crippen molar-refractivity contribution in [3.05, 3.63) is 65.3 Å². The van der Waals surface area contributed by atoms with Gasteiger partial charge in [-0.05, 0) is 24.2 Å². The van der Waals surface area contributed by atoms with Crippen LogP contribution < -0.4 is 5.01 Å². The number of hydrogen-bond donors (Lipinski definition) is 0. The molecule has 15 heavy (non-hydrogen) atoms. The van der Waals surface area contributed by atoms with Gasteiger partial charge < -0.3 is 0 Å². The molecule has 0 spiro atoms. The highest BCUT2D eigenvalue weighted by molar-refractivity contribution is 5.61. The van der Waals surface area contributed by atoms with Gasteiger partial charge >= 0.3 is 0 Å². The molecule has 0 saturated carbocycles. The van der Waals surface area contributed by atoms with Crippen LogP contribution in [0.15, 0.2) is 65.7 Å². The number of nitrogens with zero attached hydrogens (tertiary/aromatic N) is 2. The Morgan fingerprint density at radius 1 is 0.867 bits per heavy atom. The molecule has 0 saturated heterocycles. The lowest BCUT2D eigenvalue weighted by Crippen LogP contribution is -2.06. The summed E-state index contributed by atoms with van der Waals surface area (Å²) in [6, 6.07) is -7.59. The average molecular weight is 208 g/mol. The molecule has 0 heterocycles. The van der Waals surface area contributed by atoms with Crippen molar-refractivity contribution in [2.45, 2.75) is 0 Å². The smallest absolute Gasteiger partial charge is 0.0685 e. The minimum absolute atomic E-state index is 0.223. The fourth-order valence-electron chi connectivity index (χ4n) is 0.892. The molecule has 2 aromatic rings. The molecule has 0 aliphatic heterocycles. The van der Waals surface area contributed by atoms with Crippen LogP contribution in [0, 0.1) is 4.91 Å². The summed E-state index contributed by atoms with van der Waals surface area (Å²) in [4.78, 5) is 11.3. The number of para-hydroxylation sites is 2. The van der Waals surface area contributed by atoms with Gasteiger partial charge in [-0.3, -0.25) is 0 Å². The lowest BCUT2D eigenvalue weighted by molar-refractivity contribution is 1.07. The molecule has 0 amide bonds. The zero-order valence-electron chi connectivity index (χ0n) is 17.3. The maximum absolute atomic E-state index is 11.3. The fourth-order valence-corrected chi connectivity index (χ4v) is 0.892. The second-order valence-electron chi connectivity index (χ2n) is 2.34. The molecule has 0 aromatic heterocycles. The van der Waals surface area contributed by atoms with Gasteiger partial charge in [0.15, 0.2) is 0 Å². The van der Waals surface area contributed by atoms with E-state index in [1.54, 1.807) is 0 Å². The summed E-state index contributed by atoms with van der Waals surface area (Å²) in [7, 11) is 0. The van der Waals surface area contributed by atoms with Crippen LogP contribution in [0.3, 0.4) is 0 Å². The Bertz CT molecular complexity index is 773. The lowest BCUT2D eigenvalue weighted by Gasteiger charge is -2.14. The van der Waals surface area contributed by atoms with Crippen LogP contribution in [0.2, 0.25) is 0 Å². The van der Waals surface area contributed by atoms with Crippen LogP contribution in [0.5, 0.6) is 0 Å². The van der Waals surface area contributed by atoms with Gasteiger partial charge in [-0.1, -0.05) is 36.3 Å². The number of hydrogen-bond acceptors (Lipinski definition) is 2. The minimum Gasteiger partial charge on any atom is -0.197 e. The average Bonchev–Trinajstić information content (AvgIpc) is 2.60. The summed E-state index contributed by atoms with van der Waals surface area (Å²) in [6.07, 6.45) is 0. The van der Waals surface area contributed by atoms with Crippen LogP contribution in [-0.2, 0) is 0 Å². The van der Waals surface area contributed by atoms with E-state index >= 15 is 0 Å². The van der Waals surface area contributed by atoms with Crippen molar-refractivity contribution in [3.8, 4) is 0 Å². The van der Waals surface area contributed by atoms with E-state index in [0.717, 1.165) is 0 Å². The first-order valence-corrected chi connectivity index (χ1v) is 3.83. The first-order chi connectivity index (χ1) is 11.6. The van der Waals surface area contributed by atoms with Crippen molar-refractivity contribution in [2.24, 2.45) is 5.29 Å². The lowest BCUT2D eigenvalue weighted by atomic mass is 10.2. The Labute approximate surface area is 102 Å². The van der Waals surface area contributed by atoms with Gasteiger partial charge in [0.1, 0.15) is 0 Å². The summed E-state index contributed by atoms with van der Waals surface area (Å²) < 4.78 is 76.9. The number of benzene rings is 2. The number of nitroso groups, excluding NO2 is 1. The molecular formula is C12H10N2O. The van der Waals surface area contributed by atoms with Crippen LogP contribution in [0.1, 0.15) is 13.7 Å². The molecular weight excluding hydrogens is 188 g/mol. The highest BCUT2D eigenvalue weighted by Crippen LogP contribution is 2.24. The van der Waals surface area contributed by atoms with Crippen molar-refractivity contribution in [1.82, 2.24) is 0 Å². The SMILES string of the molecule is [2H]c1c([2H])c([2H])c(N(N=O)c2c([2H])c([2H])c([2H])c([2H])c2[2H])c([2H])c1[2H]. The molecule has 2 rings (SSSR count). The van der Waals surface area contributed by atoms with E-state index in [4.69, 9.17) is 13.7 Å². The monoisotopic (exact) mass is 208 g/mol. The Morgan fingerprint density at radius 2 is 1.27 bits per heavy atom. The van der Waals surface area contributed by atoms with E-state index in [-0.39, 0.29) is 5.01 Å². The third-order valence-electron chi connectivity index (χ3n) is 1.48. The van der Waals surface area contributed by atoms with E-state index < -0.39 is 71.8 Å². The second-order valence-corrected chi connectivity index (χ2v) is 2.34. The quantitative estimate of drug-likeness (QED) is 0.571. The van der Waals surface area contributed by atoms with Crippen molar-refractivity contribution in [3.63, 3.8) is 0 Å². The molecule has 0 aliphatic carbocycles. The van der Waals surface area contributed by atoms with Gasteiger partial charge in [0, 0.05) is 0 Å². The summed E-state index contributed by atoms with van der Waals surface area (Å²) >= 11 is 0. The van der Waals surface area contributed by atoms with Gasteiger partial charge in [0.25, 0.3) is 0 Å². The van der Waals surface area contributed by atoms with Crippen molar-refractivity contribution >= 4 is 11.4 Å². The molecule has 0 atom stereocenters. The third kappa shape index (κ3) is 2.02. The Kier molecular flexibility index (Phi) is 0.923. The second kappa shape index (κ2) is 4.37. The predicted octanol–water partition coefficient (Wildman–Crippen LogP) is 3.51. The Hall–Kier alpha value is -2.16. The van der Waals surface area contributed by atoms with E-state index in [0.29, 0.717) is 0 Å². The minimum atomic E-state index is -0.794. The Balaban J connectivity index is 2.92. The Morgan fingerprint density at radius 3 is 1.60 bits per heavy atom. The summed E-state index contributed by atoms with van der Waals surface area (Å²) in [5.74, 6) is 0. The number of anilines is 2. The third-order valence-corrected chi connectivity index (χ3v) is 1.48. The van der Waals surface area contributed by atoms with Crippen LogP contribution in [0.25, 0.3) is 0 Å². The van der Waals surface area contributed by atoms with Gasteiger partial charge in [0.05, 0.1) is 30.4 Å². The summed E-state index contributed by atoms with van der Waals surface area (Å²) in [5, 5.41) is 2.77. The maximum Gasteiger partial charge on any atom is 0.0685 e. The van der Waals surface area contributed by atoms with Crippen molar-refractivity contribution in [2.75, 3.05) is 5.01 Å². The largest absolute Gasteiger partial charge is 0.197 e. The van der Waals surface area contributed by atoms with Crippen LogP contribution >= 0.6 is 0 Å². The van der Waals surface area contributed by atoms with Crippen molar-refractivity contribution in [1.29, 1.82) is 0 Å². The molecule has 0 bridgehead atoms. The molecule has 3 nitrogen and oxygen atoms in total. The van der Waals surface area contributed by atoms with E-state index in [9.17, 15) is 4.91 Å². The number of rotatable bonds is 3. The first-order valence-electron chi connectivity index (χ1n) is 8.83. The standard InChI is InChI=1S/C12H10N2O/c15-13-14(11-7-3-1-4-8-11)12-9-5-2-6-10-12/h1-10H/i1D,2D,3D,4D,5D,6D,7D,8D,9D,10D. The topological polar surface area (TPSA) is 32.7 Å². The molecule has 0 N–H and O–H groups in total. The molecule has 0 fully saturated rings. The first kappa shape index (κ1) is 3.17. The molecule has 0 unspecified atom stereocenters. The fraction of sp³-hybridized carbons (Fsp3) is 0. The van der Waals surface area contributed by atoms with Crippen molar-refractivity contribution < 1.29 is 13.7 Å². The zero-order valence-corrected chi connectivity index (χ0v) is 7.30. The van der Waals surface area contributed by atoms with E-state index in [2.05, 4.69) is 5.29 Å². The zero-order chi connectivity index (χ0) is 19.2. The van der Waals surface area contributed by atoms with Crippen LogP contribution in [-0.4, -0.2) is 0 Å². The molecule has 3 heteroatoms. The molecule has 0 aliphatic rings. The van der Waals surface area contributed by atoms with Gasteiger partial charge in [-0.15, -0.1) is 4.91 Å².